The molecule has 0 radical (unpaired) electrons. The highest BCUT2D eigenvalue weighted by atomic mass is 32.2. The Kier molecular flexibility index (Phi) is 7.25. The molecule has 3 aromatic carbocycles. The highest BCUT2D eigenvalue weighted by Crippen LogP contribution is 2.21. The minimum absolute atomic E-state index is 0.0174. The summed E-state index contributed by atoms with van der Waals surface area (Å²) in [6, 6.07) is 25.0. The molecule has 0 aliphatic rings. The minimum Gasteiger partial charge on any atom is -0.322 e. The molecular weight excluding hydrogens is 408 g/mol. The molecule has 31 heavy (non-hydrogen) atoms. The first-order valence-corrected chi connectivity index (χ1v) is 11.9. The minimum atomic E-state index is -3.28. The van der Waals surface area contributed by atoms with Gasteiger partial charge in [0.05, 0.1) is 5.25 Å². The topological polar surface area (TPSA) is 75.3 Å². The zero-order valence-electron chi connectivity index (χ0n) is 18.0. The second kappa shape index (κ2) is 9.90. The smallest absolute Gasteiger partial charge is 0.255 e. The van der Waals surface area contributed by atoms with Gasteiger partial charge >= 0.3 is 0 Å². The first-order valence-electron chi connectivity index (χ1n) is 10.3. The molecule has 1 unspecified atom stereocenters. The lowest BCUT2D eigenvalue weighted by Gasteiger charge is -2.15. The van der Waals surface area contributed by atoms with E-state index in [4.69, 9.17) is 0 Å². The van der Waals surface area contributed by atoms with Gasteiger partial charge in [-0.1, -0.05) is 61.5 Å². The molecule has 0 aliphatic heterocycles. The van der Waals surface area contributed by atoms with E-state index < -0.39 is 15.3 Å². The van der Waals surface area contributed by atoms with Crippen molar-refractivity contribution >= 4 is 21.6 Å². The predicted molar refractivity (Wildman–Crippen MR) is 127 cm³/mol. The first-order chi connectivity index (χ1) is 14.8. The summed E-state index contributed by atoms with van der Waals surface area (Å²) in [5, 5.41) is 2.45. The largest absolute Gasteiger partial charge is 0.322 e. The van der Waals surface area contributed by atoms with Crippen LogP contribution in [-0.4, -0.2) is 26.1 Å². The summed E-state index contributed by atoms with van der Waals surface area (Å²) >= 11 is 0. The van der Waals surface area contributed by atoms with Crippen LogP contribution < -0.4 is 10.0 Å². The average Bonchev–Trinajstić information content (AvgIpc) is 2.78. The number of sulfonamides is 1. The Bertz CT molecular complexity index is 1110. The molecule has 6 heteroatoms. The summed E-state index contributed by atoms with van der Waals surface area (Å²) in [7, 11) is -3.28. The maximum atomic E-state index is 12.6. The lowest BCUT2D eigenvalue weighted by atomic mass is 10.0. The highest BCUT2D eigenvalue weighted by Gasteiger charge is 2.17. The second-order valence-corrected chi connectivity index (χ2v) is 10.2. The molecule has 1 atom stereocenters. The van der Waals surface area contributed by atoms with Gasteiger partial charge in [-0.05, 0) is 60.7 Å². The van der Waals surface area contributed by atoms with E-state index in [0.29, 0.717) is 17.8 Å². The van der Waals surface area contributed by atoms with Gasteiger partial charge in [-0.25, -0.2) is 13.1 Å². The summed E-state index contributed by atoms with van der Waals surface area (Å²) in [5.74, 6) is -0.158. The quantitative estimate of drug-likeness (QED) is 0.520. The zero-order valence-corrected chi connectivity index (χ0v) is 18.8. The normalized spacial score (nSPS) is 12.5. The Morgan fingerprint density at radius 2 is 1.39 bits per heavy atom. The summed E-state index contributed by atoms with van der Waals surface area (Å²) in [6.07, 6.45) is 0. The third kappa shape index (κ3) is 6.03. The molecule has 3 aromatic rings. The number of rotatable bonds is 8. The van der Waals surface area contributed by atoms with Gasteiger partial charge in [0.25, 0.3) is 5.91 Å². The third-order valence-corrected chi connectivity index (χ3v) is 7.01. The van der Waals surface area contributed by atoms with Gasteiger partial charge in [-0.3, -0.25) is 4.79 Å². The Morgan fingerprint density at radius 3 is 1.97 bits per heavy atom. The van der Waals surface area contributed by atoms with Crippen molar-refractivity contribution in [3.8, 4) is 11.1 Å². The summed E-state index contributed by atoms with van der Waals surface area (Å²) in [4.78, 5) is 12.6. The van der Waals surface area contributed by atoms with Crippen LogP contribution in [0.5, 0.6) is 0 Å². The van der Waals surface area contributed by atoms with Crippen molar-refractivity contribution in [1.29, 1.82) is 0 Å². The van der Waals surface area contributed by atoms with Crippen molar-refractivity contribution in [2.75, 3.05) is 11.9 Å². The SMILES string of the molecule is CC(CNS(=O)(=O)C(C)C)c1ccc(NC(=O)c2ccc(-c3ccccc3)cc2)cc1. The van der Waals surface area contributed by atoms with Crippen LogP contribution in [0.3, 0.4) is 0 Å². The molecule has 1 amide bonds. The summed E-state index contributed by atoms with van der Waals surface area (Å²) in [6.45, 7) is 5.60. The van der Waals surface area contributed by atoms with E-state index in [0.717, 1.165) is 16.7 Å². The molecule has 0 aromatic heterocycles. The second-order valence-electron chi connectivity index (χ2n) is 7.86. The van der Waals surface area contributed by atoms with E-state index in [2.05, 4.69) is 10.0 Å². The molecule has 2 N–H and O–H groups in total. The number of hydrogen-bond acceptors (Lipinski definition) is 3. The average molecular weight is 437 g/mol. The van der Waals surface area contributed by atoms with Crippen LogP contribution in [0.15, 0.2) is 78.9 Å². The molecule has 5 nitrogen and oxygen atoms in total. The number of amides is 1. The van der Waals surface area contributed by atoms with Gasteiger partial charge in [0.2, 0.25) is 10.0 Å². The monoisotopic (exact) mass is 436 g/mol. The van der Waals surface area contributed by atoms with Crippen molar-refractivity contribution in [3.63, 3.8) is 0 Å². The van der Waals surface area contributed by atoms with Crippen LogP contribution in [0.4, 0.5) is 5.69 Å². The predicted octanol–water partition coefficient (Wildman–Crippen LogP) is 5.04. The van der Waals surface area contributed by atoms with E-state index in [9.17, 15) is 13.2 Å². The van der Waals surface area contributed by atoms with Crippen LogP contribution >= 0.6 is 0 Å². The van der Waals surface area contributed by atoms with E-state index in [1.54, 1.807) is 13.8 Å². The molecule has 3 rings (SSSR count). The van der Waals surface area contributed by atoms with Gasteiger partial charge in [0.1, 0.15) is 0 Å². The fraction of sp³-hybridized carbons (Fsp3) is 0.240. The van der Waals surface area contributed by atoms with E-state index in [1.165, 1.54) is 0 Å². The van der Waals surface area contributed by atoms with Crippen LogP contribution in [-0.2, 0) is 10.0 Å². The maximum absolute atomic E-state index is 12.6. The standard InChI is InChI=1S/C25H28N2O3S/c1-18(2)31(29,30)26-17-19(3)20-13-15-24(16-14-20)27-25(28)23-11-9-22(10-12-23)21-7-5-4-6-8-21/h4-16,18-19,26H,17H2,1-3H3,(H,27,28). The third-order valence-electron chi connectivity index (χ3n) is 5.20. The van der Waals surface area contributed by atoms with Gasteiger partial charge in [0.15, 0.2) is 0 Å². The summed E-state index contributed by atoms with van der Waals surface area (Å²) < 4.78 is 26.5. The van der Waals surface area contributed by atoms with Crippen LogP contribution in [0.25, 0.3) is 11.1 Å². The van der Waals surface area contributed by atoms with E-state index in [1.807, 2.05) is 85.8 Å². The molecule has 0 spiro atoms. The molecule has 0 bridgehead atoms. The van der Waals surface area contributed by atoms with Crippen molar-refractivity contribution in [2.24, 2.45) is 0 Å². The van der Waals surface area contributed by atoms with Crippen LogP contribution in [0.1, 0.15) is 42.6 Å². The molecule has 0 aliphatic carbocycles. The van der Waals surface area contributed by atoms with Crippen molar-refractivity contribution < 1.29 is 13.2 Å². The Morgan fingerprint density at radius 1 is 0.806 bits per heavy atom. The first kappa shape index (κ1) is 22.7. The molecule has 0 saturated heterocycles. The number of anilines is 1. The lowest BCUT2D eigenvalue weighted by Crippen LogP contribution is -2.33. The molecule has 0 fully saturated rings. The lowest BCUT2D eigenvalue weighted by molar-refractivity contribution is 0.102. The molecule has 162 valence electrons. The molecular formula is C25H28N2O3S. The number of nitrogens with one attached hydrogen (secondary N) is 2. The number of benzene rings is 3. The summed E-state index contributed by atoms with van der Waals surface area (Å²) in [5.41, 5.74) is 4.44. The van der Waals surface area contributed by atoms with Crippen molar-refractivity contribution in [2.45, 2.75) is 31.9 Å². The van der Waals surface area contributed by atoms with Crippen molar-refractivity contribution in [1.82, 2.24) is 4.72 Å². The van der Waals surface area contributed by atoms with E-state index >= 15 is 0 Å². The zero-order chi connectivity index (χ0) is 22.4. The Hall–Kier alpha value is -2.96. The Balaban J connectivity index is 1.60. The number of carbonyl (C=O) groups is 1. The fourth-order valence-corrected chi connectivity index (χ4v) is 3.88. The van der Waals surface area contributed by atoms with Gasteiger partial charge < -0.3 is 5.32 Å². The number of hydrogen-bond donors (Lipinski definition) is 2. The van der Waals surface area contributed by atoms with Crippen LogP contribution in [0.2, 0.25) is 0 Å². The Labute approximate surface area is 184 Å². The van der Waals surface area contributed by atoms with Gasteiger partial charge in [0, 0.05) is 17.8 Å². The fourth-order valence-electron chi connectivity index (χ4n) is 3.07. The maximum Gasteiger partial charge on any atom is 0.255 e. The molecule has 0 heterocycles. The van der Waals surface area contributed by atoms with Crippen LogP contribution in [0, 0.1) is 0 Å². The molecule has 0 saturated carbocycles. The van der Waals surface area contributed by atoms with Gasteiger partial charge in [-0.15, -0.1) is 0 Å². The van der Waals surface area contributed by atoms with Gasteiger partial charge in [-0.2, -0.15) is 0 Å². The number of carbonyl (C=O) groups excluding carboxylic acids is 1. The van der Waals surface area contributed by atoms with E-state index in [-0.39, 0.29) is 11.8 Å². The highest BCUT2D eigenvalue weighted by molar-refractivity contribution is 7.90. The van der Waals surface area contributed by atoms with Crippen molar-refractivity contribution in [3.05, 3.63) is 90.0 Å².